The Kier molecular flexibility index (Phi) is 3.37. The maximum atomic E-state index is 12.5. The van der Waals surface area contributed by atoms with E-state index in [9.17, 15) is 8.42 Å². The molecule has 21 heavy (non-hydrogen) atoms. The fourth-order valence-electron chi connectivity index (χ4n) is 2.38. The first-order valence-electron chi connectivity index (χ1n) is 6.82. The molecule has 0 spiro atoms. The van der Waals surface area contributed by atoms with Crippen molar-refractivity contribution in [3.63, 3.8) is 0 Å². The number of aryl methyl sites for hydroxylation is 2. The average Bonchev–Trinajstić information content (AvgIpc) is 2.91. The van der Waals surface area contributed by atoms with Gasteiger partial charge in [0.15, 0.2) is 0 Å². The maximum Gasteiger partial charge on any atom is 0.262 e. The highest BCUT2D eigenvalue weighted by Gasteiger charge is 2.21. The van der Waals surface area contributed by atoms with Gasteiger partial charge in [0.2, 0.25) is 0 Å². The lowest BCUT2D eigenvalue weighted by Crippen LogP contribution is -2.13. The summed E-state index contributed by atoms with van der Waals surface area (Å²) in [5.74, 6) is 0.643. The van der Waals surface area contributed by atoms with Crippen LogP contribution in [0.25, 0.3) is 0 Å². The third-order valence-electron chi connectivity index (χ3n) is 3.75. The molecule has 0 saturated heterocycles. The van der Waals surface area contributed by atoms with Gasteiger partial charge in [-0.1, -0.05) is 18.2 Å². The van der Waals surface area contributed by atoms with Gasteiger partial charge in [-0.2, -0.15) is 0 Å². The Morgan fingerprint density at radius 1 is 1.10 bits per heavy atom. The van der Waals surface area contributed by atoms with Gasteiger partial charge in [-0.3, -0.25) is 4.72 Å². The zero-order valence-corrected chi connectivity index (χ0v) is 12.8. The fourth-order valence-corrected chi connectivity index (χ4v) is 3.53. The normalized spacial score (nSPS) is 13.6. The maximum absolute atomic E-state index is 12.5. The van der Waals surface area contributed by atoms with Gasteiger partial charge < -0.3 is 4.74 Å². The number of ether oxygens (including phenoxy) is 1. The lowest BCUT2D eigenvalue weighted by molar-refractivity contribution is 0.358. The molecule has 0 unspecified atom stereocenters. The lowest BCUT2D eigenvalue weighted by Gasteiger charge is -2.12. The van der Waals surface area contributed by atoms with Crippen LogP contribution in [0.1, 0.15) is 16.7 Å². The summed E-state index contributed by atoms with van der Waals surface area (Å²) in [6.45, 7) is 4.45. The molecule has 1 heterocycles. The van der Waals surface area contributed by atoms with E-state index in [2.05, 4.69) is 4.72 Å². The second-order valence-electron chi connectivity index (χ2n) is 5.24. The molecular weight excluding hydrogens is 286 g/mol. The molecule has 4 nitrogen and oxygen atoms in total. The SMILES string of the molecule is Cc1ccc(S(=O)(=O)Nc2cccc3c2OCC3)cc1C. The van der Waals surface area contributed by atoms with Crippen LogP contribution in [0.5, 0.6) is 5.75 Å². The van der Waals surface area contributed by atoms with Crippen LogP contribution in [0.15, 0.2) is 41.3 Å². The lowest BCUT2D eigenvalue weighted by atomic mass is 10.1. The van der Waals surface area contributed by atoms with E-state index < -0.39 is 10.0 Å². The summed E-state index contributed by atoms with van der Waals surface area (Å²) >= 11 is 0. The van der Waals surface area contributed by atoms with Crippen molar-refractivity contribution in [1.29, 1.82) is 0 Å². The molecule has 0 aromatic heterocycles. The number of hydrogen-bond donors (Lipinski definition) is 1. The van der Waals surface area contributed by atoms with Gasteiger partial charge >= 0.3 is 0 Å². The Labute approximate surface area is 124 Å². The number of benzene rings is 2. The number of anilines is 1. The molecule has 2 aromatic carbocycles. The van der Waals surface area contributed by atoms with E-state index in [4.69, 9.17) is 4.74 Å². The molecule has 0 bridgehead atoms. The molecule has 0 amide bonds. The third kappa shape index (κ3) is 2.61. The summed E-state index contributed by atoms with van der Waals surface area (Å²) in [5, 5.41) is 0. The topological polar surface area (TPSA) is 55.4 Å². The van der Waals surface area contributed by atoms with Crippen molar-refractivity contribution < 1.29 is 13.2 Å². The van der Waals surface area contributed by atoms with Gasteiger partial charge in [-0.05, 0) is 48.7 Å². The molecular formula is C16H17NO3S. The first kappa shape index (κ1) is 13.9. The van der Waals surface area contributed by atoms with Crippen molar-refractivity contribution >= 4 is 15.7 Å². The van der Waals surface area contributed by atoms with Crippen molar-refractivity contribution in [2.45, 2.75) is 25.2 Å². The zero-order valence-electron chi connectivity index (χ0n) is 12.0. The van der Waals surface area contributed by atoms with Crippen molar-refractivity contribution in [1.82, 2.24) is 0 Å². The molecule has 1 aliphatic rings. The van der Waals surface area contributed by atoms with Crippen LogP contribution in [-0.2, 0) is 16.4 Å². The van der Waals surface area contributed by atoms with Crippen LogP contribution in [-0.4, -0.2) is 15.0 Å². The molecule has 0 saturated carbocycles. The molecule has 5 heteroatoms. The van der Waals surface area contributed by atoms with Crippen LogP contribution in [0, 0.1) is 13.8 Å². The monoisotopic (exact) mass is 303 g/mol. The van der Waals surface area contributed by atoms with Gasteiger partial charge in [0.05, 0.1) is 17.2 Å². The van der Waals surface area contributed by atoms with E-state index in [0.717, 1.165) is 23.1 Å². The Balaban J connectivity index is 1.97. The molecule has 1 N–H and O–H groups in total. The minimum atomic E-state index is -3.60. The smallest absolute Gasteiger partial charge is 0.262 e. The Morgan fingerprint density at radius 3 is 2.67 bits per heavy atom. The van der Waals surface area contributed by atoms with Crippen molar-refractivity contribution in [2.75, 3.05) is 11.3 Å². The van der Waals surface area contributed by atoms with E-state index in [-0.39, 0.29) is 4.90 Å². The molecule has 0 fully saturated rings. The number of para-hydroxylation sites is 1. The van der Waals surface area contributed by atoms with Crippen molar-refractivity contribution in [3.8, 4) is 5.75 Å². The van der Waals surface area contributed by atoms with Crippen molar-refractivity contribution in [2.24, 2.45) is 0 Å². The second kappa shape index (κ2) is 5.07. The molecule has 0 atom stereocenters. The van der Waals surface area contributed by atoms with E-state index in [1.165, 1.54) is 0 Å². The summed E-state index contributed by atoms with van der Waals surface area (Å²) in [5.41, 5.74) is 3.56. The number of nitrogens with one attached hydrogen (secondary N) is 1. The standard InChI is InChI=1S/C16H17NO3S/c1-11-6-7-14(10-12(11)2)21(18,19)17-15-5-3-4-13-8-9-20-16(13)15/h3-7,10,17H,8-9H2,1-2H3. The van der Waals surface area contributed by atoms with E-state index in [1.54, 1.807) is 18.2 Å². The zero-order chi connectivity index (χ0) is 15.0. The molecule has 2 aromatic rings. The Morgan fingerprint density at radius 2 is 1.90 bits per heavy atom. The fraction of sp³-hybridized carbons (Fsp3) is 0.250. The van der Waals surface area contributed by atoms with Gasteiger partial charge in [-0.25, -0.2) is 8.42 Å². The van der Waals surface area contributed by atoms with Crippen LogP contribution in [0.4, 0.5) is 5.69 Å². The van der Waals surface area contributed by atoms with Crippen LogP contribution < -0.4 is 9.46 Å². The van der Waals surface area contributed by atoms with E-state index in [1.807, 2.05) is 32.0 Å². The number of sulfonamides is 1. The molecule has 110 valence electrons. The Bertz CT molecular complexity index is 797. The summed E-state index contributed by atoms with van der Waals surface area (Å²) < 4.78 is 33.2. The van der Waals surface area contributed by atoms with Gasteiger partial charge in [0, 0.05) is 6.42 Å². The third-order valence-corrected chi connectivity index (χ3v) is 5.11. The Hall–Kier alpha value is -2.01. The number of rotatable bonds is 3. The van der Waals surface area contributed by atoms with Crippen LogP contribution in [0.3, 0.4) is 0 Å². The summed E-state index contributed by atoms with van der Waals surface area (Å²) in [4.78, 5) is 0.265. The van der Waals surface area contributed by atoms with Gasteiger partial charge in [0.1, 0.15) is 5.75 Å². The molecule has 0 aliphatic carbocycles. The predicted molar refractivity (Wildman–Crippen MR) is 82.4 cm³/mol. The highest BCUT2D eigenvalue weighted by Crippen LogP contribution is 2.34. The molecule has 1 aliphatic heterocycles. The first-order chi connectivity index (χ1) is 9.97. The van der Waals surface area contributed by atoms with E-state index in [0.29, 0.717) is 18.0 Å². The van der Waals surface area contributed by atoms with Crippen LogP contribution >= 0.6 is 0 Å². The number of hydrogen-bond acceptors (Lipinski definition) is 3. The quantitative estimate of drug-likeness (QED) is 0.948. The number of fused-ring (bicyclic) bond motifs is 1. The van der Waals surface area contributed by atoms with E-state index >= 15 is 0 Å². The minimum absolute atomic E-state index is 0.265. The molecule has 0 radical (unpaired) electrons. The summed E-state index contributed by atoms with van der Waals surface area (Å²) in [7, 11) is -3.60. The highest BCUT2D eigenvalue weighted by molar-refractivity contribution is 7.92. The first-order valence-corrected chi connectivity index (χ1v) is 8.30. The van der Waals surface area contributed by atoms with Crippen LogP contribution in [0.2, 0.25) is 0 Å². The average molecular weight is 303 g/mol. The minimum Gasteiger partial charge on any atom is -0.491 e. The summed E-state index contributed by atoms with van der Waals surface area (Å²) in [6.07, 6.45) is 0.814. The molecule has 3 rings (SSSR count). The van der Waals surface area contributed by atoms with Gasteiger partial charge in [0.25, 0.3) is 10.0 Å². The highest BCUT2D eigenvalue weighted by atomic mass is 32.2. The summed E-state index contributed by atoms with van der Waals surface area (Å²) in [6, 6.07) is 10.6. The van der Waals surface area contributed by atoms with Gasteiger partial charge in [-0.15, -0.1) is 0 Å². The largest absolute Gasteiger partial charge is 0.491 e. The predicted octanol–water partition coefficient (Wildman–Crippen LogP) is 3.04. The van der Waals surface area contributed by atoms with Crippen molar-refractivity contribution in [3.05, 3.63) is 53.1 Å². The second-order valence-corrected chi connectivity index (χ2v) is 6.93.